The van der Waals surface area contributed by atoms with Gasteiger partial charge in [0.15, 0.2) is 0 Å². The highest BCUT2D eigenvalue weighted by Crippen LogP contribution is 2.26. The van der Waals surface area contributed by atoms with Crippen molar-refractivity contribution in [2.45, 2.75) is 32.8 Å². The highest BCUT2D eigenvalue weighted by molar-refractivity contribution is 6.22. The van der Waals surface area contributed by atoms with E-state index < -0.39 is 0 Å². The Bertz CT molecular complexity index is 707. The van der Waals surface area contributed by atoms with Crippen LogP contribution in [-0.2, 0) is 4.74 Å². The van der Waals surface area contributed by atoms with Crippen LogP contribution in [0, 0.1) is 5.92 Å². The van der Waals surface area contributed by atoms with E-state index in [2.05, 4.69) is 0 Å². The minimum absolute atomic E-state index is 0.0829. The molecule has 1 unspecified atom stereocenters. The van der Waals surface area contributed by atoms with Gasteiger partial charge >= 0.3 is 0 Å². The summed E-state index contributed by atoms with van der Waals surface area (Å²) >= 11 is 0. The van der Waals surface area contributed by atoms with E-state index in [1.54, 1.807) is 30.1 Å². The quantitative estimate of drug-likeness (QED) is 0.768. The molecule has 3 amide bonds. The summed E-state index contributed by atoms with van der Waals surface area (Å²) in [6.07, 6.45) is 1.73. The Labute approximate surface area is 147 Å². The fourth-order valence-corrected chi connectivity index (χ4v) is 3.43. The maximum Gasteiger partial charge on any atom is 0.261 e. The summed E-state index contributed by atoms with van der Waals surface area (Å²) in [5, 5.41) is 0. The molecule has 1 atom stereocenters. The summed E-state index contributed by atoms with van der Waals surface area (Å²) < 4.78 is 5.53. The van der Waals surface area contributed by atoms with Gasteiger partial charge in [-0.2, -0.15) is 0 Å². The van der Waals surface area contributed by atoms with Gasteiger partial charge in [0.05, 0.1) is 23.8 Å². The van der Waals surface area contributed by atoms with Crippen molar-refractivity contribution in [3.05, 3.63) is 34.9 Å². The molecule has 134 valence electrons. The molecule has 2 aliphatic heterocycles. The molecule has 1 fully saturated rings. The highest BCUT2D eigenvalue weighted by atomic mass is 16.5. The number of amides is 3. The normalized spacial score (nSPS) is 19.7. The molecular weight excluding hydrogens is 320 g/mol. The number of carbonyl (C=O) groups excluding carboxylic acids is 3. The number of carbonyl (C=O) groups is 3. The zero-order valence-corrected chi connectivity index (χ0v) is 14.9. The molecule has 0 saturated carbocycles. The van der Waals surface area contributed by atoms with Crippen LogP contribution in [-0.4, -0.2) is 60.4 Å². The lowest BCUT2D eigenvalue weighted by atomic mass is 10.0. The summed E-state index contributed by atoms with van der Waals surface area (Å²) in [6, 6.07) is 4.75. The Morgan fingerprint density at radius 1 is 1.28 bits per heavy atom. The van der Waals surface area contributed by atoms with Crippen LogP contribution in [0.1, 0.15) is 57.8 Å². The van der Waals surface area contributed by atoms with E-state index >= 15 is 0 Å². The summed E-state index contributed by atoms with van der Waals surface area (Å²) in [5.74, 6) is -0.426. The van der Waals surface area contributed by atoms with Crippen LogP contribution in [0.2, 0.25) is 0 Å². The van der Waals surface area contributed by atoms with Crippen molar-refractivity contribution in [3.8, 4) is 0 Å². The second-order valence-electron chi connectivity index (χ2n) is 7.20. The van der Waals surface area contributed by atoms with Gasteiger partial charge < -0.3 is 9.64 Å². The molecule has 1 aromatic carbocycles. The highest BCUT2D eigenvalue weighted by Gasteiger charge is 2.38. The van der Waals surface area contributed by atoms with Crippen molar-refractivity contribution in [1.82, 2.24) is 9.80 Å². The second-order valence-corrected chi connectivity index (χ2v) is 7.20. The maximum atomic E-state index is 12.6. The van der Waals surface area contributed by atoms with Gasteiger partial charge in [0, 0.05) is 25.8 Å². The van der Waals surface area contributed by atoms with Crippen LogP contribution in [0.4, 0.5) is 0 Å². The van der Waals surface area contributed by atoms with E-state index in [1.807, 2.05) is 13.8 Å². The lowest BCUT2D eigenvalue weighted by Gasteiger charge is -2.19. The van der Waals surface area contributed by atoms with Gasteiger partial charge in [-0.1, -0.05) is 13.8 Å². The average Bonchev–Trinajstić information content (AvgIpc) is 3.16. The second kappa shape index (κ2) is 6.96. The first kappa shape index (κ1) is 17.6. The molecule has 25 heavy (non-hydrogen) atoms. The monoisotopic (exact) mass is 344 g/mol. The van der Waals surface area contributed by atoms with Crippen molar-refractivity contribution >= 4 is 17.7 Å². The van der Waals surface area contributed by atoms with Crippen LogP contribution in [0.15, 0.2) is 18.2 Å². The van der Waals surface area contributed by atoms with E-state index in [4.69, 9.17) is 4.74 Å². The third-order valence-corrected chi connectivity index (χ3v) is 4.61. The molecule has 1 saturated heterocycles. The number of hydrogen-bond acceptors (Lipinski definition) is 4. The van der Waals surface area contributed by atoms with Gasteiger partial charge in [0.2, 0.25) is 0 Å². The third kappa shape index (κ3) is 3.44. The van der Waals surface area contributed by atoms with Crippen molar-refractivity contribution in [3.63, 3.8) is 0 Å². The Balaban J connectivity index is 1.80. The molecule has 6 heteroatoms. The lowest BCUT2D eigenvalue weighted by molar-refractivity contribution is 0.0475. The summed E-state index contributed by atoms with van der Waals surface area (Å²) in [6.45, 7) is 5.67. The van der Waals surface area contributed by atoms with Gasteiger partial charge in [-0.15, -0.1) is 0 Å². The van der Waals surface area contributed by atoms with Gasteiger partial charge in [-0.05, 0) is 37.0 Å². The number of fused-ring (bicyclic) bond motifs is 1. The predicted octanol–water partition coefficient (Wildman–Crippen LogP) is 2.19. The zero-order chi connectivity index (χ0) is 18.1. The largest absolute Gasteiger partial charge is 0.376 e. The van der Waals surface area contributed by atoms with Gasteiger partial charge in [-0.25, -0.2) is 0 Å². The molecule has 2 heterocycles. The summed E-state index contributed by atoms with van der Waals surface area (Å²) in [4.78, 5) is 40.6. The summed E-state index contributed by atoms with van der Waals surface area (Å²) in [7, 11) is 1.74. The third-order valence-electron chi connectivity index (χ3n) is 4.61. The Morgan fingerprint density at radius 3 is 2.64 bits per heavy atom. The molecule has 2 aliphatic rings. The molecule has 0 N–H and O–H groups in total. The van der Waals surface area contributed by atoms with Crippen molar-refractivity contribution in [1.29, 1.82) is 0 Å². The van der Waals surface area contributed by atoms with Gasteiger partial charge in [-0.3, -0.25) is 19.3 Å². The minimum atomic E-state index is -0.336. The number of hydrogen-bond donors (Lipinski definition) is 0. The fraction of sp³-hybridized carbons (Fsp3) is 0.526. The Kier molecular flexibility index (Phi) is 4.90. The fourth-order valence-electron chi connectivity index (χ4n) is 3.43. The first-order valence-electron chi connectivity index (χ1n) is 8.75. The molecule has 0 aliphatic carbocycles. The molecule has 3 rings (SSSR count). The van der Waals surface area contributed by atoms with Crippen LogP contribution >= 0.6 is 0 Å². The van der Waals surface area contributed by atoms with Crippen LogP contribution < -0.4 is 0 Å². The smallest absolute Gasteiger partial charge is 0.261 e. The van der Waals surface area contributed by atoms with E-state index in [0.29, 0.717) is 35.8 Å². The van der Waals surface area contributed by atoms with Crippen molar-refractivity contribution in [2.75, 3.05) is 26.7 Å². The van der Waals surface area contributed by atoms with Gasteiger partial charge in [0.25, 0.3) is 17.7 Å². The number of rotatable bonds is 5. The molecule has 1 aromatic rings. The number of benzene rings is 1. The summed E-state index contributed by atoms with van der Waals surface area (Å²) in [5.41, 5.74) is 1.11. The first-order valence-corrected chi connectivity index (χ1v) is 8.75. The van der Waals surface area contributed by atoms with E-state index in [9.17, 15) is 14.4 Å². The van der Waals surface area contributed by atoms with E-state index in [0.717, 1.165) is 12.8 Å². The van der Waals surface area contributed by atoms with Crippen LogP contribution in [0.3, 0.4) is 0 Å². The molecule has 6 nitrogen and oxygen atoms in total. The number of nitrogens with zero attached hydrogens (tertiary/aromatic N) is 2. The topological polar surface area (TPSA) is 66.9 Å². The maximum absolute atomic E-state index is 12.6. The van der Waals surface area contributed by atoms with Crippen molar-refractivity contribution in [2.24, 2.45) is 5.92 Å². The number of ether oxygens (including phenoxy) is 1. The van der Waals surface area contributed by atoms with Crippen molar-refractivity contribution < 1.29 is 19.1 Å². The SMILES string of the molecule is CC(C)CN(C)C(=O)c1ccc2c(c1)C(=O)N(CC1CCCO1)C2=O. The number of imide groups is 1. The Morgan fingerprint density at radius 2 is 2.00 bits per heavy atom. The average molecular weight is 344 g/mol. The molecule has 0 spiro atoms. The molecular formula is C19H24N2O4. The minimum Gasteiger partial charge on any atom is -0.376 e. The van der Waals surface area contributed by atoms with E-state index in [1.165, 1.54) is 4.90 Å². The molecule has 0 aromatic heterocycles. The van der Waals surface area contributed by atoms with Crippen LogP contribution in [0.25, 0.3) is 0 Å². The first-order chi connectivity index (χ1) is 11.9. The lowest BCUT2D eigenvalue weighted by Crippen LogP contribution is -2.36. The van der Waals surface area contributed by atoms with Gasteiger partial charge in [0.1, 0.15) is 0 Å². The zero-order valence-electron chi connectivity index (χ0n) is 14.9. The molecule has 0 bridgehead atoms. The predicted molar refractivity (Wildman–Crippen MR) is 92.6 cm³/mol. The van der Waals surface area contributed by atoms with Crippen LogP contribution in [0.5, 0.6) is 0 Å². The molecule has 0 radical (unpaired) electrons. The van der Waals surface area contributed by atoms with E-state index in [-0.39, 0.29) is 30.4 Å². The standard InChI is InChI=1S/C19H24N2O4/c1-12(2)10-20(3)17(22)13-6-7-15-16(9-13)19(24)21(18(15)23)11-14-5-4-8-25-14/h6-7,9,12,14H,4-5,8,10-11H2,1-3H3. The Hall–Kier alpha value is -2.21.